The Morgan fingerprint density at radius 1 is 0.840 bits per heavy atom. The molecule has 4 heteroatoms. The lowest BCUT2D eigenvalue weighted by molar-refractivity contribution is -0.171. The molecule has 140 valence electrons. The number of hydrogen-bond donors (Lipinski definition) is 0. The fourth-order valence-electron chi connectivity index (χ4n) is 2.58. The summed E-state index contributed by atoms with van der Waals surface area (Å²) in [5.74, 6) is -0.985. The second kappa shape index (κ2) is 11.7. The van der Waals surface area contributed by atoms with Crippen molar-refractivity contribution in [2.24, 2.45) is 5.41 Å². The first-order chi connectivity index (χ1) is 12.0. The van der Waals surface area contributed by atoms with Gasteiger partial charge in [0.1, 0.15) is 0 Å². The number of ether oxygens (including phenoxy) is 2. The van der Waals surface area contributed by atoms with Gasteiger partial charge in [-0.3, -0.25) is 9.59 Å². The molecule has 0 radical (unpaired) electrons. The minimum atomic E-state index is -1.31. The molecule has 0 amide bonds. The van der Waals surface area contributed by atoms with Crippen molar-refractivity contribution in [2.75, 3.05) is 13.2 Å². The quantitative estimate of drug-likeness (QED) is 0.312. The Balaban J connectivity index is 2.77. The Bertz CT molecular complexity index is 486. The summed E-state index contributed by atoms with van der Waals surface area (Å²) < 4.78 is 10.8. The van der Waals surface area contributed by atoms with Crippen LogP contribution in [0.5, 0.6) is 0 Å². The molecule has 1 rings (SSSR count). The van der Waals surface area contributed by atoms with E-state index >= 15 is 0 Å². The van der Waals surface area contributed by atoms with Crippen LogP contribution in [-0.2, 0) is 25.5 Å². The summed E-state index contributed by atoms with van der Waals surface area (Å²) in [6.07, 6.45) is 6.03. The second-order valence-corrected chi connectivity index (χ2v) is 6.68. The highest BCUT2D eigenvalue weighted by Crippen LogP contribution is 2.27. The topological polar surface area (TPSA) is 52.6 Å². The average Bonchev–Trinajstić information content (AvgIpc) is 2.62. The smallest absolute Gasteiger partial charge is 0.323 e. The number of unbranched alkanes of at least 4 members (excludes halogenated alkanes) is 4. The van der Waals surface area contributed by atoms with Crippen LogP contribution in [0, 0.1) is 5.41 Å². The summed E-state index contributed by atoms with van der Waals surface area (Å²) in [5.41, 5.74) is -0.388. The molecule has 0 spiro atoms. The number of rotatable bonds is 12. The third-order valence-electron chi connectivity index (χ3n) is 4.26. The van der Waals surface area contributed by atoms with E-state index in [4.69, 9.17) is 9.47 Å². The van der Waals surface area contributed by atoms with E-state index < -0.39 is 17.4 Å². The molecule has 0 saturated heterocycles. The predicted molar refractivity (Wildman–Crippen MR) is 99.2 cm³/mol. The molecule has 0 aliphatic heterocycles. The van der Waals surface area contributed by atoms with Crippen LogP contribution in [0.15, 0.2) is 30.3 Å². The van der Waals surface area contributed by atoms with Crippen molar-refractivity contribution >= 4 is 11.9 Å². The van der Waals surface area contributed by atoms with Gasteiger partial charge < -0.3 is 9.47 Å². The van der Waals surface area contributed by atoms with Crippen LogP contribution in [0.1, 0.15) is 64.9 Å². The molecule has 1 aromatic carbocycles. The van der Waals surface area contributed by atoms with Gasteiger partial charge in [0.2, 0.25) is 0 Å². The van der Waals surface area contributed by atoms with Gasteiger partial charge in [-0.05, 0) is 31.7 Å². The van der Waals surface area contributed by atoms with Crippen molar-refractivity contribution in [2.45, 2.75) is 65.7 Å². The molecule has 0 aliphatic carbocycles. The van der Waals surface area contributed by atoms with Crippen molar-refractivity contribution in [3.8, 4) is 0 Å². The Morgan fingerprint density at radius 2 is 1.32 bits per heavy atom. The molecule has 0 unspecified atom stereocenters. The summed E-state index contributed by atoms with van der Waals surface area (Å²) in [7, 11) is 0. The van der Waals surface area contributed by atoms with Gasteiger partial charge in [-0.2, -0.15) is 0 Å². The molecule has 0 bridgehead atoms. The second-order valence-electron chi connectivity index (χ2n) is 6.68. The van der Waals surface area contributed by atoms with Gasteiger partial charge in [-0.1, -0.05) is 69.9 Å². The predicted octanol–water partition coefficient (Wildman–Crippen LogP) is 4.70. The number of carbonyl (C=O) groups is 2. The Hall–Kier alpha value is -1.84. The van der Waals surface area contributed by atoms with Crippen LogP contribution >= 0.6 is 0 Å². The van der Waals surface area contributed by atoms with Gasteiger partial charge in [0.25, 0.3) is 0 Å². The van der Waals surface area contributed by atoms with Crippen LogP contribution in [-0.4, -0.2) is 25.2 Å². The fraction of sp³-hybridized carbons (Fsp3) is 0.619. The maximum Gasteiger partial charge on any atom is 0.323 e. The zero-order valence-corrected chi connectivity index (χ0v) is 15.9. The molecule has 0 N–H and O–H groups in total. The first-order valence-corrected chi connectivity index (χ1v) is 9.43. The van der Waals surface area contributed by atoms with E-state index in [0.717, 1.165) is 44.1 Å². The largest absolute Gasteiger partial charge is 0.465 e. The highest BCUT2D eigenvalue weighted by atomic mass is 16.6. The standard InChI is InChI=1S/C21H32O4/c1-4-6-11-15-24-19(22)21(3,17-18-13-9-8-10-14-18)20(23)25-16-12-7-5-2/h8-10,13-14H,4-7,11-12,15-17H2,1-3H3. The fourth-order valence-corrected chi connectivity index (χ4v) is 2.58. The van der Waals surface area contributed by atoms with Gasteiger partial charge >= 0.3 is 11.9 Å². The van der Waals surface area contributed by atoms with E-state index in [0.29, 0.717) is 13.2 Å². The number of esters is 2. The molecule has 0 aliphatic rings. The number of carbonyl (C=O) groups excluding carboxylic acids is 2. The monoisotopic (exact) mass is 348 g/mol. The molecular weight excluding hydrogens is 316 g/mol. The maximum absolute atomic E-state index is 12.6. The zero-order chi connectivity index (χ0) is 18.5. The molecular formula is C21H32O4. The third kappa shape index (κ3) is 7.29. The minimum Gasteiger partial charge on any atom is -0.465 e. The van der Waals surface area contributed by atoms with E-state index in [1.807, 2.05) is 30.3 Å². The summed E-state index contributed by atoms with van der Waals surface area (Å²) >= 11 is 0. The lowest BCUT2D eigenvalue weighted by atomic mass is 9.83. The molecule has 1 aromatic rings. The van der Waals surface area contributed by atoms with Crippen molar-refractivity contribution in [1.29, 1.82) is 0 Å². The highest BCUT2D eigenvalue weighted by molar-refractivity contribution is 5.99. The molecule has 0 atom stereocenters. The molecule has 4 nitrogen and oxygen atoms in total. The first kappa shape index (κ1) is 21.2. The van der Waals surface area contributed by atoms with Gasteiger partial charge in [-0.25, -0.2) is 0 Å². The Labute approximate surface area is 151 Å². The highest BCUT2D eigenvalue weighted by Gasteiger charge is 2.44. The molecule has 0 fully saturated rings. The van der Waals surface area contributed by atoms with Crippen LogP contribution in [0.25, 0.3) is 0 Å². The Kier molecular flexibility index (Phi) is 9.90. The number of benzene rings is 1. The molecule has 0 heterocycles. The summed E-state index contributed by atoms with van der Waals surface area (Å²) in [6.45, 7) is 6.51. The van der Waals surface area contributed by atoms with Gasteiger partial charge in [0.15, 0.2) is 5.41 Å². The van der Waals surface area contributed by atoms with Crippen molar-refractivity contribution in [3.05, 3.63) is 35.9 Å². The van der Waals surface area contributed by atoms with Crippen molar-refractivity contribution in [3.63, 3.8) is 0 Å². The van der Waals surface area contributed by atoms with Crippen LogP contribution < -0.4 is 0 Å². The van der Waals surface area contributed by atoms with Gasteiger partial charge in [0.05, 0.1) is 13.2 Å². The van der Waals surface area contributed by atoms with Gasteiger partial charge in [-0.15, -0.1) is 0 Å². The normalized spacial score (nSPS) is 11.2. The van der Waals surface area contributed by atoms with E-state index in [-0.39, 0.29) is 6.42 Å². The molecule has 0 aromatic heterocycles. The van der Waals surface area contributed by atoms with Crippen molar-refractivity contribution < 1.29 is 19.1 Å². The number of hydrogen-bond acceptors (Lipinski definition) is 4. The summed E-state index contributed by atoms with van der Waals surface area (Å²) in [4.78, 5) is 25.3. The van der Waals surface area contributed by atoms with Crippen LogP contribution in [0.2, 0.25) is 0 Å². The average molecular weight is 348 g/mol. The molecule has 25 heavy (non-hydrogen) atoms. The van der Waals surface area contributed by atoms with E-state index in [1.165, 1.54) is 0 Å². The maximum atomic E-state index is 12.6. The van der Waals surface area contributed by atoms with Crippen molar-refractivity contribution in [1.82, 2.24) is 0 Å². The Morgan fingerprint density at radius 3 is 1.76 bits per heavy atom. The minimum absolute atomic E-state index is 0.285. The third-order valence-corrected chi connectivity index (χ3v) is 4.26. The first-order valence-electron chi connectivity index (χ1n) is 9.43. The summed E-state index contributed by atoms with van der Waals surface area (Å²) in [6, 6.07) is 9.52. The lowest BCUT2D eigenvalue weighted by Crippen LogP contribution is -2.41. The van der Waals surface area contributed by atoms with Gasteiger partial charge in [0, 0.05) is 0 Å². The summed E-state index contributed by atoms with van der Waals surface area (Å²) in [5, 5.41) is 0. The van der Waals surface area contributed by atoms with Crippen LogP contribution in [0.3, 0.4) is 0 Å². The zero-order valence-electron chi connectivity index (χ0n) is 15.9. The van der Waals surface area contributed by atoms with E-state index in [9.17, 15) is 9.59 Å². The lowest BCUT2D eigenvalue weighted by Gasteiger charge is -2.25. The molecule has 0 saturated carbocycles. The SMILES string of the molecule is CCCCCOC(=O)C(C)(Cc1ccccc1)C(=O)OCCCCC. The van der Waals surface area contributed by atoms with E-state index in [1.54, 1.807) is 6.92 Å². The van der Waals surface area contributed by atoms with Crippen LogP contribution in [0.4, 0.5) is 0 Å². The van der Waals surface area contributed by atoms with E-state index in [2.05, 4.69) is 13.8 Å².